The topological polar surface area (TPSA) is 71.4 Å². The molecule has 0 unspecified atom stereocenters. The van der Waals surface area contributed by atoms with Crippen molar-refractivity contribution in [1.82, 2.24) is 8.87 Å². The Labute approximate surface area is 169 Å². The second-order valence-electron chi connectivity index (χ2n) is 6.33. The van der Waals surface area contributed by atoms with Crippen LogP contribution in [0.15, 0.2) is 71.9 Å². The zero-order chi connectivity index (χ0) is 21.0. The lowest BCUT2D eigenvalue weighted by molar-refractivity contribution is 0.102. The van der Waals surface area contributed by atoms with Crippen LogP contribution in [-0.4, -0.2) is 36.3 Å². The molecular formula is C21H22FN3O3S. The molecule has 0 radical (unpaired) electrons. The van der Waals surface area contributed by atoms with Crippen LogP contribution in [0.25, 0.3) is 5.69 Å². The maximum Gasteiger partial charge on any atom is 0.255 e. The summed E-state index contributed by atoms with van der Waals surface area (Å²) in [4.78, 5) is 12.7. The highest BCUT2D eigenvalue weighted by atomic mass is 32.2. The van der Waals surface area contributed by atoms with Gasteiger partial charge in [0.05, 0.1) is 10.6 Å². The molecule has 0 aliphatic carbocycles. The number of nitrogens with zero attached hydrogens (tertiary/aromatic N) is 2. The highest BCUT2D eigenvalue weighted by Gasteiger charge is 2.22. The predicted molar refractivity (Wildman–Crippen MR) is 110 cm³/mol. The molecule has 2 aromatic carbocycles. The number of aromatic nitrogens is 1. The van der Waals surface area contributed by atoms with Gasteiger partial charge in [0.1, 0.15) is 5.82 Å². The van der Waals surface area contributed by atoms with Crippen LogP contribution in [0.2, 0.25) is 0 Å². The van der Waals surface area contributed by atoms with Crippen molar-refractivity contribution in [2.45, 2.75) is 18.7 Å². The van der Waals surface area contributed by atoms with Gasteiger partial charge >= 0.3 is 0 Å². The second kappa shape index (κ2) is 8.59. The molecule has 0 spiro atoms. The number of sulfonamides is 1. The van der Waals surface area contributed by atoms with Crippen LogP contribution >= 0.6 is 0 Å². The number of nitrogens with one attached hydrogen (secondary N) is 1. The van der Waals surface area contributed by atoms with E-state index in [1.54, 1.807) is 36.9 Å². The number of amides is 1. The molecule has 1 aromatic heterocycles. The number of carbonyl (C=O) groups excluding carboxylic acids is 1. The van der Waals surface area contributed by atoms with Gasteiger partial charge < -0.3 is 9.88 Å². The van der Waals surface area contributed by atoms with Gasteiger partial charge in [-0.05, 0) is 48.5 Å². The third kappa shape index (κ3) is 4.38. The van der Waals surface area contributed by atoms with Crippen molar-refractivity contribution in [3.8, 4) is 5.69 Å². The highest BCUT2D eigenvalue weighted by molar-refractivity contribution is 7.89. The number of rotatable bonds is 7. The van der Waals surface area contributed by atoms with Crippen LogP contribution < -0.4 is 5.32 Å². The molecule has 0 atom stereocenters. The molecule has 0 saturated heterocycles. The standard InChI is InChI=1S/C21H22FN3O3S/c1-3-25(4-2)29(27,28)18-9-7-8-16(14-18)21(26)23-20-15-17(10-11-19(20)22)24-12-5-6-13-24/h5-15H,3-4H2,1-2H3,(H,23,26). The summed E-state index contributed by atoms with van der Waals surface area (Å²) >= 11 is 0. The fraction of sp³-hybridized carbons (Fsp3) is 0.190. The SMILES string of the molecule is CCN(CC)S(=O)(=O)c1cccc(C(=O)Nc2cc(-n3cccc3)ccc2F)c1. The smallest absolute Gasteiger partial charge is 0.255 e. The normalized spacial score (nSPS) is 11.6. The second-order valence-corrected chi connectivity index (χ2v) is 8.26. The van der Waals surface area contributed by atoms with Gasteiger partial charge in [0.15, 0.2) is 0 Å². The first kappa shape index (κ1) is 20.8. The molecule has 29 heavy (non-hydrogen) atoms. The van der Waals surface area contributed by atoms with Crippen molar-refractivity contribution in [2.24, 2.45) is 0 Å². The Morgan fingerprint density at radius 1 is 1.03 bits per heavy atom. The van der Waals surface area contributed by atoms with E-state index in [0.717, 1.165) is 0 Å². The van der Waals surface area contributed by atoms with E-state index in [1.807, 2.05) is 12.1 Å². The number of halogens is 1. The molecule has 6 nitrogen and oxygen atoms in total. The number of hydrogen-bond acceptors (Lipinski definition) is 3. The fourth-order valence-corrected chi connectivity index (χ4v) is 4.49. The lowest BCUT2D eigenvalue weighted by Crippen LogP contribution is -2.30. The third-order valence-corrected chi connectivity index (χ3v) is 6.59. The number of carbonyl (C=O) groups is 1. The summed E-state index contributed by atoms with van der Waals surface area (Å²) in [6.45, 7) is 4.15. The van der Waals surface area contributed by atoms with Crippen LogP contribution in [0.1, 0.15) is 24.2 Å². The highest BCUT2D eigenvalue weighted by Crippen LogP contribution is 2.21. The van der Waals surface area contributed by atoms with Gasteiger partial charge in [0, 0.05) is 36.7 Å². The van der Waals surface area contributed by atoms with Gasteiger partial charge in [-0.25, -0.2) is 12.8 Å². The van der Waals surface area contributed by atoms with Crippen molar-refractivity contribution in [3.63, 3.8) is 0 Å². The van der Waals surface area contributed by atoms with E-state index in [-0.39, 0.29) is 16.1 Å². The van der Waals surface area contributed by atoms with Gasteiger partial charge in [0.2, 0.25) is 10.0 Å². The van der Waals surface area contributed by atoms with E-state index in [4.69, 9.17) is 0 Å². The summed E-state index contributed by atoms with van der Waals surface area (Å²) in [5.74, 6) is -1.17. The molecular weight excluding hydrogens is 393 g/mol. The molecule has 152 valence electrons. The van der Waals surface area contributed by atoms with E-state index in [9.17, 15) is 17.6 Å². The Hall–Kier alpha value is -2.97. The molecule has 1 heterocycles. The van der Waals surface area contributed by atoms with E-state index in [0.29, 0.717) is 18.8 Å². The summed E-state index contributed by atoms with van der Waals surface area (Å²) in [6, 6.07) is 13.8. The summed E-state index contributed by atoms with van der Waals surface area (Å²) < 4.78 is 42.7. The average molecular weight is 415 g/mol. The van der Waals surface area contributed by atoms with E-state index in [2.05, 4.69) is 5.32 Å². The van der Waals surface area contributed by atoms with Gasteiger partial charge in [-0.2, -0.15) is 4.31 Å². The van der Waals surface area contributed by atoms with Gasteiger partial charge in [0.25, 0.3) is 5.91 Å². The van der Waals surface area contributed by atoms with Crippen molar-refractivity contribution in [3.05, 3.63) is 78.4 Å². The molecule has 3 aromatic rings. The third-order valence-electron chi connectivity index (χ3n) is 4.54. The Balaban J connectivity index is 1.88. The van der Waals surface area contributed by atoms with Crippen LogP contribution in [0.3, 0.4) is 0 Å². The predicted octanol–water partition coefficient (Wildman–Crippen LogP) is 3.90. The Morgan fingerprint density at radius 3 is 2.38 bits per heavy atom. The Kier molecular flexibility index (Phi) is 6.14. The molecule has 1 amide bonds. The minimum atomic E-state index is -3.70. The number of benzene rings is 2. The molecule has 0 aliphatic rings. The summed E-state index contributed by atoms with van der Waals surface area (Å²) in [5, 5.41) is 2.53. The van der Waals surface area contributed by atoms with E-state index in [1.165, 1.54) is 40.7 Å². The summed E-state index contributed by atoms with van der Waals surface area (Å²) in [5.41, 5.74) is 0.826. The zero-order valence-corrected chi connectivity index (χ0v) is 17.0. The van der Waals surface area contributed by atoms with Crippen molar-refractivity contribution in [2.75, 3.05) is 18.4 Å². The van der Waals surface area contributed by atoms with E-state index < -0.39 is 21.7 Å². The van der Waals surface area contributed by atoms with Crippen molar-refractivity contribution >= 4 is 21.6 Å². The molecule has 0 saturated carbocycles. The average Bonchev–Trinajstić information content (AvgIpc) is 3.25. The number of hydrogen-bond donors (Lipinski definition) is 1. The minimum Gasteiger partial charge on any atom is -0.324 e. The molecule has 3 rings (SSSR count). The van der Waals surface area contributed by atoms with Gasteiger partial charge in [-0.3, -0.25) is 4.79 Å². The first-order valence-electron chi connectivity index (χ1n) is 9.21. The minimum absolute atomic E-state index is 0.0122. The van der Waals surface area contributed by atoms with Crippen LogP contribution in [0.5, 0.6) is 0 Å². The molecule has 0 fully saturated rings. The van der Waals surface area contributed by atoms with Crippen molar-refractivity contribution in [1.29, 1.82) is 0 Å². The lowest BCUT2D eigenvalue weighted by Gasteiger charge is -2.18. The largest absolute Gasteiger partial charge is 0.324 e. The van der Waals surface area contributed by atoms with Crippen LogP contribution in [0, 0.1) is 5.82 Å². The first-order valence-corrected chi connectivity index (χ1v) is 10.6. The molecule has 8 heteroatoms. The molecule has 1 N–H and O–H groups in total. The lowest BCUT2D eigenvalue weighted by atomic mass is 10.2. The molecule has 0 bridgehead atoms. The Bertz CT molecular complexity index is 1110. The van der Waals surface area contributed by atoms with Crippen LogP contribution in [0.4, 0.5) is 10.1 Å². The van der Waals surface area contributed by atoms with Crippen LogP contribution in [-0.2, 0) is 10.0 Å². The summed E-state index contributed by atoms with van der Waals surface area (Å²) in [7, 11) is -3.70. The fourth-order valence-electron chi connectivity index (χ4n) is 2.98. The number of anilines is 1. The summed E-state index contributed by atoms with van der Waals surface area (Å²) in [6.07, 6.45) is 3.61. The molecule has 0 aliphatic heterocycles. The monoisotopic (exact) mass is 415 g/mol. The van der Waals surface area contributed by atoms with Crippen molar-refractivity contribution < 1.29 is 17.6 Å². The maximum atomic E-state index is 14.2. The quantitative estimate of drug-likeness (QED) is 0.636. The van der Waals surface area contributed by atoms with Gasteiger partial charge in [-0.15, -0.1) is 0 Å². The Morgan fingerprint density at radius 2 is 1.72 bits per heavy atom. The van der Waals surface area contributed by atoms with Gasteiger partial charge in [-0.1, -0.05) is 19.9 Å². The zero-order valence-electron chi connectivity index (χ0n) is 16.2. The first-order chi connectivity index (χ1) is 13.9. The van der Waals surface area contributed by atoms with E-state index >= 15 is 0 Å². The maximum absolute atomic E-state index is 14.2.